The fourth-order valence-corrected chi connectivity index (χ4v) is 3.72. The monoisotopic (exact) mass is 444 g/mol. The topological polar surface area (TPSA) is 75.7 Å². The molecule has 28 heavy (non-hydrogen) atoms. The molecule has 0 aliphatic heterocycles. The Morgan fingerprint density at radius 3 is 2.50 bits per heavy atom. The lowest BCUT2D eigenvalue weighted by molar-refractivity contribution is -0.116. The van der Waals surface area contributed by atoms with Crippen molar-refractivity contribution >= 4 is 44.8 Å². The molecule has 0 bridgehead atoms. The van der Waals surface area contributed by atoms with Crippen LogP contribution in [0.25, 0.3) is 0 Å². The first kappa shape index (κ1) is 22.5. The van der Waals surface area contributed by atoms with Crippen LogP contribution in [0.3, 0.4) is 0 Å². The number of nitrogens with zero attached hydrogens (tertiary/aromatic N) is 1. The molecule has 0 saturated carbocycles. The lowest BCUT2D eigenvalue weighted by Gasteiger charge is -2.14. The third-order valence-electron chi connectivity index (χ3n) is 3.96. The first-order valence-corrected chi connectivity index (χ1v) is 10.7. The normalized spacial score (nSPS) is 11.5. The van der Waals surface area contributed by atoms with Crippen LogP contribution in [-0.2, 0) is 14.8 Å². The van der Waals surface area contributed by atoms with E-state index in [1.807, 2.05) is 0 Å². The molecular weight excluding hydrogens is 423 g/mol. The Balaban J connectivity index is 1.92. The lowest BCUT2D eigenvalue weighted by atomic mass is 10.2. The van der Waals surface area contributed by atoms with Gasteiger partial charge >= 0.3 is 0 Å². The molecule has 0 fully saturated rings. The second-order valence-corrected chi connectivity index (χ2v) is 9.33. The molecule has 1 amide bonds. The standard InChI is InChI=1S/C19H22Cl2N2O4S/c1-13-6-8-15(28(25,26)23(2)3)12-17(13)22-19(24)5-4-10-27-18-9-7-14(20)11-16(18)21/h6-9,11-12H,4-5,10H2,1-3H3,(H,22,24). The Bertz CT molecular complexity index is 962. The largest absolute Gasteiger partial charge is 0.492 e. The van der Waals surface area contributed by atoms with E-state index in [0.29, 0.717) is 34.5 Å². The van der Waals surface area contributed by atoms with Crippen molar-refractivity contribution in [2.75, 3.05) is 26.0 Å². The van der Waals surface area contributed by atoms with Crippen molar-refractivity contribution in [3.63, 3.8) is 0 Å². The van der Waals surface area contributed by atoms with E-state index in [1.165, 1.54) is 26.2 Å². The zero-order valence-electron chi connectivity index (χ0n) is 15.8. The first-order chi connectivity index (χ1) is 13.1. The molecule has 0 saturated heterocycles. The third-order valence-corrected chi connectivity index (χ3v) is 6.30. The van der Waals surface area contributed by atoms with Crippen molar-refractivity contribution in [1.29, 1.82) is 0 Å². The van der Waals surface area contributed by atoms with Crippen LogP contribution in [0.5, 0.6) is 5.75 Å². The second kappa shape index (κ2) is 9.60. The molecule has 6 nitrogen and oxygen atoms in total. The molecule has 2 rings (SSSR count). The quantitative estimate of drug-likeness (QED) is 0.613. The van der Waals surface area contributed by atoms with Gasteiger partial charge in [0.05, 0.1) is 16.5 Å². The van der Waals surface area contributed by atoms with E-state index in [1.54, 1.807) is 31.2 Å². The summed E-state index contributed by atoms with van der Waals surface area (Å²) in [7, 11) is -0.653. The van der Waals surface area contributed by atoms with Gasteiger partial charge < -0.3 is 10.1 Å². The van der Waals surface area contributed by atoms with E-state index in [4.69, 9.17) is 27.9 Å². The number of aryl methyl sites for hydroxylation is 1. The number of nitrogens with one attached hydrogen (secondary N) is 1. The van der Waals surface area contributed by atoms with Gasteiger partial charge in [0.25, 0.3) is 0 Å². The molecule has 0 aromatic heterocycles. The highest BCUT2D eigenvalue weighted by Gasteiger charge is 2.18. The number of sulfonamides is 1. The molecule has 0 atom stereocenters. The first-order valence-electron chi connectivity index (χ1n) is 8.52. The molecular formula is C19H22Cl2N2O4S. The summed E-state index contributed by atoms with van der Waals surface area (Å²) in [6, 6.07) is 9.58. The molecule has 0 spiro atoms. The number of halogens is 2. The van der Waals surface area contributed by atoms with Crippen molar-refractivity contribution in [3.05, 3.63) is 52.0 Å². The van der Waals surface area contributed by atoms with Gasteiger partial charge in [-0.3, -0.25) is 4.79 Å². The predicted octanol–water partition coefficient (Wildman–Crippen LogP) is 4.35. The SMILES string of the molecule is Cc1ccc(S(=O)(=O)N(C)C)cc1NC(=O)CCCOc1ccc(Cl)cc1Cl. The highest BCUT2D eigenvalue weighted by Crippen LogP contribution is 2.27. The maximum atomic E-state index is 12.3. The van der Waals surface area contributed by atoms with Gasteiger partial charge in [-0.1, -0.05) is 29.3 Å². The van der Waals surface area contributed by atoms with E-state index < -0.39 is 10.0 Å². The minimum absolute atomic E-state index is 0.124. The predicted molar refractivity (Wildman–Crippen MR) is 112 cm³/mol. The van der Waals surface area contributed by atoms with Gasteiger partial charge in [0.2, 0.25) is 15.9 Å². The van der Waals surface area contributed by atoms with Crippen LogP contribution in [-0.4, -0.2) is 39.3 Å². The molecule has 9 heteroatoms. The molecule has 2 aromatic carbocycles. The number of hydrogen-bond acceptors (Lipinski definition) is 4. The minimum atomic E-state index is -3.57. The fourth-order valence-electron chi connectivity index (χ4n) is 2.33. The Hall–Kier alpha value is -1.80. The molecule has 1 N–H and O–H groups in total. The zero-order valence-corrected chi connectivity index (χ0v) is 18.2. The Kier molecular flexibility index (Phi) is 7.71. The van der Waals surface area contributed by atoms with Crippen molar-refractivity contribution < 1.29 is 17.9 Å². The van der Waals surface area contributed by atoms with E-state index in [2.05, 4.69) is 5.32 Å². The van der Waals surface area contributed by atoms with E-state index >= 15 is 0 Å². The van der Waals surface area contributed by atoms with Crippen molar-refractivity contribution in [2.45, 2.75) is 24.7 Å². The maximum Gasteiger partial charge on any atom is 0.242 e. The summed E-state index contributed by atoms with van der Waals surface area (Å²) in [5, 5.41) is 3.69. The summed E-state index contributed by atoms with van der Waals surface area (Å²) in [6.07, 6.45) is 0.689. The van der Waals surface area contributed by atoms with Gasteiger partial charge in [-0.15, -0.1) is 0 Å². The lowest BCUT2D eigenvalue weighted by Crippen LogP contribution is -2.22. The van der Waals surface area contributed by atoms with Crippen LogP contribution in [0.1, 0.15) is 18.4 Å². The number of ether oxygens (including phenoxy) is 1. The van der Waals surface area contributed by atoms with Crippen LogP contribution < -0.4 is 10.1 Å². The fraction of sp³-hybridized carbons (Fsp3) is 0.316. The van der Waals surface area contributed by atoms with Gasteiger partial charge in [0.1, 0.15) is 5.75 Å². The molecule has 0 heterocycles. The second-order valence-electron chi connectivity index (χ2n) is 6.34. The Morgan fingerprint density at radius 1 is 1.14 bits per heavy atom. The number of carbonyl (C=O) groups excluding carboxylic acids is 1. The summed E-state index contributed by atoms with van der Waals surface area (Å²) < 4.78 is 31.2. The van der Waals surface area contributed by atoms with Crippen molar-refractivity contribution in [2.24, 2.45) is 0 Å². The van der Waals surface area contributed by atoms with E-state index in [9.17, 15) is 13.2 Å². The van der Waals surface area contributed by atoms with Gasteiger partial charge in [-0.25, -0.2) is 12.7 Å². The van der Waals surface area contributed by atoms with Crippen LogP contribution in [0.4, 0.5) is 5.69 Å². The number of amides is 1. The van der Waals surface area contributed by atoms with Crippen LogP contribution in [0.15, 0.2) is 41.3 Å². The summed E-state index contributed by atoms with van der Waals surface area (Å²) >= 11 is 11.9. The highest BCUT2D eigenvalue weighted by atomic mass is 35.5. The van der Waals surface area contributed by atoms with E-state index in [-0.39, 0.29) is 17.2 Å². The van der Waals surface area contributed by atoms with Crippen LogP contribution in [0, 0.1) is 6.92 Å². The van der Waals surface area contributed by atoms with Gasteiger partial charge in [-0.05, 0) is 49.2 Å². The van der Waals surface area contributed by atoms with E-state index in [0.717, 1.165) is 9.87 Å². The van der Waals surface area contributed by atoms with Crippen LogP contribution in [0.2, 0.25) is 10.0 Å². The number of anilines is 1. The highest BCUT2D eigenvalue weighted by molar-refractivity contribution is 7.89. The van der Waals surface area contributed by atoms with Gasteiger partial charge in [0, 0.05) is 31.2 Å². The molecule has 2 aromatic rings. The third kappa shape index (κ3) is 5.85. The molecule has 152 valence electrons. The van der Waals surface area contributed by atoms with Gasteiger partial charge in [0.15, 0.2) is 0 Å². The Labute approximate surface area is 175 Å². The number of rotatable bonds is 8. The van der Waals surface area contributed by atoms with Crippen LogP contribution >= 0.6 is 23.2 Å². The van der Waals surface area contributed by atoms with Crippen molar-refractivity contribution in [1.82, 2.24) is 4.31 Å². The number of benzene rings is 2. The molecule has 0 aliphatic rings. The molecule has 0 aliphatic carbocycles. The molecule has 0 radical (unpaired) electrons. The average Bonchev–Trinajstić information content (AvgIpc) is 2.61. The number of hydrogen-bond donors (Lipinski definition) is 1. The van der Waals surface area contributed by atoms with Gasteiger partial charge in [-0.2, -0.15) is 0 Å². The average molecular weight is 445 g/mol. The number of carbonyl (C=O) groups is 1. The summed E-state index contributed by atoms with van der Waals surface area (Å²) in [4.78, 5) is 12.3. The molecule has 0 unspecified atom stereocenters. The Morgan fingerprint density at radius 2 is 1.86 bits per heavy atom. The summed E-state index contributed by atoms with van der Waals surface area (Å²) in [6.45, 7) is 2.11. The van der Waals surface area contributed by atoms with Crippen molar-refractivity contribution in [3.8, 4) is 5.75 Å². The maximum absolute atomic E-state index is 12.3. The smallest absolute Gasteiger partial charge is 0.242 e. The zero-order chi connectivity index (χ0) is 20.9. The minimum Gasteiger partial charge on any atom is -0.492 e. The summed E-state index contributed by atoms with van der Waals surface area (Å²) in [5.74, 6) is 0.275. The summed E-state index contributed by atoms with van der Waals surface area (Å²) in [5.41, 5.74) is 1.24.